The Morgan fingerprint density at radius 1 is 1.16 bits per heavy atom. The minimum Gasteiger partial charge on any atom is -0.370 e. The summed E-state index contributed by atoms with van der Waals surface area (Å²) >= 11 is 0. The summed E-state index contributed by atoms with van der Waals surface area (Å²) in [4.78, 5) is 13.5. The zero-order chi connectivity index (χ0) is 17.6. The number of hydrogen-bond acceptors (Lipinski definition) is 6. The maximum Gasteiger partial charge on any atom is 0.180 e. The molecule has 0 unspecified atom stereocenters. The van der Waals surface area contributed by atoms with E-state index >= 15 is 0 Å². The molecule has 0 spiro atoms. The summed E-state index contributed by atoms with van der Waals surface area (Å²) in [5.74, 6) is 2.41. The summed E-state index contributed by atoms with van der Waals surface area (Å²) < 4.78 is 5.21. The van der Waals surface area contributed by atoms with Gasteiger partial charge in [0.2, 0.25) is 0 Å². The van der Waals surface area contributed by atoms with Crippen LogP contribution in [0, 0.1) is 13.8 Å². The van der Waals surface area contributed by atoms with E-state index in [-0.39, 0.29) is 0 Å². The van der Waals surface area contributed by atoms with Gasteiger partial charge in [-0.25, -0.2) is 9.97 Å². The van der Waals surface area contributed by atoms with Crippen molar-refractivity contribution < 1.29 is 4.52 Å². The summed E-state index contributed by atoms with van der Waals surface area (Å²) in [5.41, 5.74) is 3.97. The molecule has 0 aliphatic carbocycles. The van der Waals surface area contributed by atoms with Crippen LogP contribution in [0.1, 0.15) is 36.1 Å². The van der Waals surface area contributed by atoms with Gasteiger partial charge in [-0.3, -0.25) is 4.98 Å². The van der Waals surface area contributed by atoms with Crippen LogP contribution < -0.4 is 5.32 Å². The minimum absolute atomic E-state index is 0.660. The normalized spacial score (nSPS) is 10.8. The molecule has 0 amide bonds. The van der Waals surface area contributed by atoms with Gasteiger partial charge < -0.3 is 9.84 Å². The molecular weight excluding hydrogens is 314 g/mol. The lowest BCUT2D eigenvalue weighted by molar-refractivity contribution is 0.392. The summed E-state index contributed by atoms with van der Waals surface area (Å²) in [7, 11) is 0. The van der Waals surface area contributed by atoms with Crippen molar-refractivity contribution in [1.29, 1.82) is 0 Å². The highest BCUT2D eigenvalue weighted by atomic mass is 16.5. The van der Waals surface area contributed by atoms with Crippen LogP contribution in [-0.4, -0.2) is 26.7 Å². The number of nitrogens with zero attached hydrogens (tertiary/aromatic N) is 4. The van der Waals surface area contributed by atoms with Gasteiger partial charge in [-0.2, -0.15) is 0 Å². The van der Waals surface area contributed by atoms with Gasteiger partial charge in [-0.15, -0.1) is 0 Å². The largest absolute Gasteiger partial charge is 0.370 e. The van der Waals surface area contributed by atoms with Crippen molar-refractivity contribution in [3.63, 3.8) is 0 Å². The second kappa shape index (κ2) is 7.88. The van der Waals surface area contributed by atoms with Crippen LogP contribution >= 0.6 is 0 Å². The van der Waals surface area contributed by atoms with Crippen LogP contribution in [0.2, 0.25) is 0 Å². The van der Waals surface area contributed by atoms with Crippen molar-refractivity contribution in [1.82, 2.24) is 20.1 Å². The Balaban J connectivity index is 1.66. The predicted octanol–water partition coefficient (Wildman–Crippen LogP) is 3.75. The average Bonchev–Trinajstić information content (AvgIpc) is 2.97. The summed E-state index contributed by atoms with van der Waals surface area (Å²) in [5, 5.41) is 7.40. The Kier molecular flexibility index (Phi) is 5.38. The molecule has 0 bridgehead atoms. The first-order chi connectivity index (χ1) is 12.2. The van der Waals surface area contributed by atoms with Gasteiger partial charge >= 0.3 is 0 Å². The molecule has 130 valence electrons. The van der Waals surface area contributed by atoms with Gasteiger partial charge in [-0.1, -0.05) is 18.1 Å². The van der Waals surface area contributed by atoms with Crippen molar-refractivity contribution >= 4 is 5.82 Å². The molecule has 3 rings (SSSR count). The lowest BCUT2D eigenvalue weighted by Gasteiger charge is -2.09. The molecule has 0 radical (unpaired) electrons. The minimum atomic E-state index is 0.660. The number of anilines is 1. The predicted molar refractivity (Wildman–Crippen MR) is 97.4 cm³/mol. The average molecular weight is 337 g/mol. The third-order valence-electron chi connectivity index (χ3n) is 4.13. The molecule has 25 heavy (non-hydrogen) atoms. The van der Waals surface area contributed by atoms with Crippen molar-refractivity contribution in [3.05, 3.63) is 53.2 Å². The lowest BCUT2D eigenvalue weighted by atomic mass is 10.1. The van der Waals surface area contributed by atoms with Gasteiger partial charge in [0.05, 0.1) is 5.69 Å². The van der Waals surface area contributed by atoms with Gasteiger partial charge in [0.25, 0.3) is 0 Å². The number of aromatic nitrogens is 4. The molecule has 0 saturated heterocycles. The summed E-state index contributed by atoms with van der Waals surface area (Å²) in [6, 6.07) is 7.76. The maximum atomic E-state index is 5.21. The van der Waals surface area contributed by atoms with Gasteiger partial charge in [0.15, 0.2) is 5.82 Å². The zero-order valence-electron chi connectivity index (χ0n) is 14.9. The SMILES string of the molecule is CCc1cc(NCCCc2c(C)noc2C)nc(-c2ccccn2)n1. The van der Waals surface area contributed by atoms with Crippen molar-refractivity contribution in [2.24, 2.45) is 0 Å². The fourth-order valence-corrected chi connectivity index (χ4v) is 2.72. The first kappa shape index (κ1) is 17.1. The highest BCUT2D eigenvalue weighted by Gasteiger charge is 2.09. The quantitative estimate of drug-likeness (QED) is 0.662. The number of rotatable bonds is 7. The van der Waals surface area contributed by atoms with Crippen LogP contribution in [0.4, 0.5) is 5.82 Å². The molecule has 1 N–H and O–H groups in total. The molecule has 3 aromatic heterocycles. The fourth-order valence-electron chi connectivity index (χ4n) is 2.72. The van der Waals surface area contributed by atoms with E-state index < -0.39 is 0 Å². The topological polar surface area (TPSA) is 76.7 Å². The molecule has 0 saturated carbocycles. The second-order valence-electron chi connectivity index (χ2n) is 5.97. The van der Waals surface area contributed by atoms with E-state index in [1.807, 2.05) is 38.1 Å². The first-order valence-electron chi connectivity index (χ1n) is 8.62. The molecule has 0 aliphatic rings. The fraction of sp³-hybridized carbons (Fsp3) is 0.368. The van der Waals surface area contributed by atoms with Gasteiger partial charge in [0, 0.05) is 30.1 Å². The number of nitrogens with one attached hydrogen (secondary N) is 1. The Morgan fingerprint density at radius 2 is 2.04 bits per heavy atom. The number of hydrogen-bond donors (Lipinski definition) is 1. The summed E-state index contributed by atoms with van der Waals surface area (Å²) in [6.45, 7) is 6.86. The summed E-state index contributed by atoms with van der Waals surface area (Å²) in [6.07, 6.45) is 4.53. The Hall–Kier alpha value is -2.76. The van der Waals surface area contributed by atoms with Crippen LogP contribution in [-0.2, 0) is 12.8 Å². The van der Waals surface area contributed by atoms with E-state index in [0.717, 1.165) is 54.5 Å². The van der Waals surface area contributed by atoms with E-state index in [4.69, 9.17) is 4.52 Å². The molecule has 3 aromatic rings. The molecule has 6 heteroatoms. The third-order valence-corrected chi connectivity index (χ3v) is 4.13. The molecule has 0 fully saturated rings. The van der Waals surface area contributed by atoms with E-state index in [2.05, 4.69) is 32.3 Å². The number of pyridine rings is 1. The molecule has 0 atom stereocenters. The highest BCUT2D eigenvalue weighted by Crippen LogP contribution is 2.17. The van der Waals surface area contributed by atoms with E-state index in [9.17, 15) is 0 Å². The Morgan fingerprint density at radius 3 is 2.72 bits per heavy atom. The monoisotopic (exact) mass is 337 g/mol. The van der Waals surface area contributed by atoms with Crippen LogP contribution in [0.15, 0.2) is 35.0 Å². The second-order valence-corrected chi connectivity index (χ2v) is 5.97. The Labute approximate surface area is 147 Å². The first-order valence-corrected chi connectivity index (χ1v) is 8.62. The molecule has 0 aromatic carbocycles. The van der Waals surface area contributed by atoms with Crippen molar-refractivity contribution in [2.45, 2.75) is 40.0 Å². The standard InChI is InChI=1S/C19H23N5O/c1-4-15-12-18(23-19(22-15)17-9-5-6-10-20-17)21-11-7-8-16-13(2)24-25-14(16)3/h5-6,9-10,12H,4,7-8,11H2,1-3H3,(H,21,22,23). The molecular formula is C19H23N5O. The molecule has 3 heterocycles. The molecule has 6 nitrogen and oxygen atoms in total. The van der Waals surface area contributed by atoms with E-state index in [1.165, 1.54) is 5.56 Å². The van der Waals surface area contributed by atoms with Crippen molar-refractivity contribution in [2.75, 3.05) is 11.9 Å². The molecule has 0 aliphatic heterocycles. The van der Waals surface area contributed by atoms with Crippen LogP contribution in [0.25, 0.3) is 11.5 Å². The smallest absolute Gasteiger partial charge is 0.180 e. The lowest BCUT2D eigenvalue weighted by Crippen LogP contribution is -2.07. The third kappa shape index (κ3) is 4.21. The van der Waals surface area contributed by atoms with Crippen molar-refractivity contribution in [3.8, 4) is 11.5 Å². The van der Waals surface area contributed by atoms with Gasteiger partial charge in [0.1, 0.15) is 17.3 Å². The zero-order valence-corrected chi connectivity index (χ0v) is 14.9. The van der Waals surface area contributed by atoms with Crippen LogP contribution in [0.5, 0.6) is 0 Å². The van der Waals surface area contributed by atoms with E-state index in [0.29, 0.717) is 5.82 Å². The maximum absolute atomic E-state index is 5.21. The van der Waals surface area contributed by atoms with Crippen LogP contribution in [0.3, 0.4) is 0 Å². The van der Waals surface area contributed by atoms with E-state index in [1.54, 1.807) is 6.20 Å². The Bertz CT molecular complexity index is 810. The number of aryl methyl sites for hydroxylation is 3. The van der Waals surface area contributed by atoms with Gasteiger partial charge in [-0.05, 0) is 45.2 Å². The highest BCUT2D eigenvalue weighted by molar-refractivity contribution is 5.52.